The normalized spacial score (nSPS) is 32.3. The lowest BCUT2D eigenvalue weighted by Crippen LogP contribution is -2.44. The molecule has 1 spiro atoms. The van der Waals surface area contributed by atoms with Crippen LogP contribution in [-0.4, -0.2) is 55.7 Å². The molecule has 1 heterocycles. The molecular weight excluding hydrogens is 326 g/mol. The summed E-state index contributed by atoms with van der Waals surface area (Å²) in [5.41, 5.74) is 8.56. The largest absolute Gasteiger partial charge is 0.375 e. The lowest BCUT2D eigenvalue weighted by molar-refractivity contribution is 0.00798. The summed E-state index contributed by atoms with van der Waals surface area (Å²) in [5, 5.41) is 3.15. The number of rotatable bonds is 5. The first kappa shape index (κ1) is 18.0. The van der Waals surface area contributed by atoms with Crippen LogP contribution in [-0.2, 0) is 10.2 Å². The van der Waals surface area contributed by atoms with Crippen LogP contribution in [0.15, 0.2) is 24.3 Å². The molecule has 3 unspecified atom stereocenters. The number of benzene rings is 1. The molecule has 5 nitrogen and oxygen atoms in total. The molecule has 2 saturated carbocycles. The van der Waals surface area contributed by atoms with Gasteiger partial charge < -0.3 is 20.7 Å². The Balaban J connectivity index is 1.39. The Morgan fingerprint density at radius 3 is 2.54 bits per heavy atom. The minimum absolute atomic E-state index is 0.00351. The molecule has 5 heteroatoms. The highest BCUT2D eigenvalue weighted by Gasteiger charge is 2.47. The van der Waals surface area contributed by atoms with Crippen LogP contribution < -0.4 is 11.1 Å². The van der Waals surface area contributed by atoms with Gasteiger partial charge in [-0.15, -0.1) is 0 Å². The van der Waals surface area contributed by atoms with Gasteiger partial charge in [-0.25, -0.2) is 0 Å². The second-order valence-electron chi connectivity index (χ2n) is 8.88. The van der Waals surface area contributed by atoms with Crippen LogP contribution in [0.2, 0.25) is 0 Å². The highest BCUT2D eigenvalue weighted by atomic mass is 16.5. The summed E-state index contributed by atoms with van der Waals surface area (Å²) >= 11 is 0. The Bertz CT molecular complexity index is 660. The third-order valence-corrected chi connectivity index (χ3v) is 6.45. The fourth-order valence-electron chi connectivity index (χ4n) is 4.96. The van der Waals surface area contributed by atoms with E-state index in [1.54, 1.807) is 0 Å². The van der Waals surface area contributed by atoms with Gasteiger partial charge >= 0.3 is 0 Å². The van der Waals surface area contributed by atoms with E-state index in [2.05, 4.69) is 36.4 Å². The minimum atomic E-state index is -0.0915. The molecule has 3 aliphatic rings. The van der Waals surface area contributed by atoms with E-state index in [1.807, 2.05) is 12.1 Å². The number of amides is 1. The zero-order valence-corrected chi connectivity index (χ0v) is 16.0. The van der Waals surface area contributed by atoms with E-state index in [0.717, 1.165) is 44.4 Å². The fraction of sp³-hybridized carbons (Fsp3) is 0.667. The van der Waals surface area contributed by atoms with Crippen LogP contribution in [0.5, 0.6) is 0 Å². The number of likely N-dealkylation sites (N-methyl/N-ethyl adjacent to an activating group) is 1. The van der Waals surface area contributed by atoms with Crippen molar-refractivity contribution in [2.75, 3.05) is 27.2 Å². The number of nitrogens with one attached hydrogen (secondary N) is 1. The Hall–Kier alpha value is -1.43. The van der Waals surface area contributed by atoms with E-state index in [0.29, 0.717) is 5.41 Å². The molecule has 4 rings (SSSR count). The standard InChI is InChI=1S/C21H31N3O2/c1-24(2)14-20(9-10-20)16-6-4-15(5-7-16)19(25)23-18-13-21(12-17(18)22)8-3-11-26-21/h4-7,17-18H,3,8-14,22H2,1-2H3,(H,23,25). The molecule has 26 heavy (non-hydrogen) atoms. The van der Waals surface area contributed by atoms with Gasteiger partial charge in [0.15, 0.2) is 0 Å². The van der Waals surface area contributed by atoms with Gasteiger partial charge in [0.25, 0.3) is 5.91 Å². The predicted octanol–water partition coefficient (Wildman–Crippen LogP) is 2.05. The van der Waals surface area contributed by atoms with Crippen LogP contribution in [0.3, 0.4) is 0 Å². The zero-order chi connectivity index (χ0) is 18.4. The maximum atomic E-state index is 12.7. The first-order chi connectivity index (χ1) is 12.4. The average Bonchev–Trinajstić information content (AvgIpc) is 3.12. The quantitative estimate of drug-likeness (QED) is 0.846. The minimum Gasteiger partial charge on any atom is -0.375 e. The van der Waals surface area contributed by atoms with Crippen molar-refractivity contribution in [1.82, 2.24) is 10.2 Å². The van der Waals surface area contributed by atoms with Crippen LogP contribution in [0.1, 0.15) is 54.4 Å². The van der Waals surface area contributed by atoms with Crippen molar-refractivity contribution in [2.45, 2.75) is 61.6 Å². The summed E-state index contributed by atoms with van der Waals surface area (Å²) < 4.78 is 5.95. The highest BCUT2D eigenvalue weighted by Crippen LogP contribution is 2.48. The number of carbonyl (C=O) groups is 1. The number of hydrogen-bond donors (Lipinski definition) is 2. The molecule has 1 aromatic rings. The highest BCUT2D eigenvalue weighted by molar-refractivity contribution is 5.94. The van der Waals surface area contributed by atoms with Crippen molar-refractivity contribution < 1.29 is 9.53 Å². The van der Waals surface area contributed by atoms with Crippen molar-refractivity contribution in [2.24, 2.45) is 5.73 Å². The molecule has 3 N–H and O–H groups in total. The third-order valence-electron chi connectivity index (χ3n) is 6.45. The molecule has 3 fully saturated rings. The Morgan fingerprint density at radius 1 is 1.23 bits per heavy atom. The van der Waals surface area contributed by atoms with Gasteiger partial charge in [0.05, 0.1) is 5.60 Å². The molecule has 1 aromatic carbocycles. The monoisotopic (exact) mass is 357 g/mol. The van der Waals surface area contributed by atoms with Gasteiger partial charge in [-0.05, 0) is 70.3 Å². The van der Waals surface area contributed by atoms with E-state index >= 15 is 0 Å². The summed E-state index contributed by atoms with van der Waals surface area (Å²) in [7, 11) is 4.24. The first-order valence-electron chi connectivity index (χ1n) is 9.87. The first-order valence-corrected chi connectivity index (χ1v) is 9.87. The topological polar surface area (TPSA) is 67.6 Å². The van der Waals surface area contributed by atoms with E-state index in [1.165, 1.54) is 18.4 Å². The predicted molar refractivity (Wildman–Crippen MR) is 102 cm³/mol. The van der Waals surface area contributed by atoms with Crippen molar-refractivity contribution in [3.63, 3.8) is 0 Å². The average molecular weight is 357 g/mol. The Labute approximate surface area is 156 Å². The second kappa shape index (κ2) is 6.63. The molecule has 1 amide bonds. The van der Waals surface area contributed by atoms with E-state index in [-0.39, 0.29) is 23.6 Å². The summed E-state index contributed by atoms with van der Waals surface area (Å²) in [6.45, 7) is 1.89. The molecular formula is C21H31N3O2. The van der Waals surface area contributed by atoms with Crippen LogP contribution in [0.4, 0.5) is 0 Å². The van der Waals surface area contributed by atoms with Crippen molar-refractivity contribution in [1.29, 1.82) is 0 Å². The number of ether oxygens (including phenoxy) is 1. The summed E-state index contributed by atoms with van der Waals surface area (Å²) in [6.07, 6.45) is 6.32. The summed E-state index contributed by atoms with van der Waals surface area (Å²) in [4.78, 5) is 14.9. The van der Waals surface area contributed by atoms with Crippen molar-refractivity contribution >= 4 is 5.91 Å². The molecule has 142 valence electrons. The van der Waals surface area contributed by atoms with Gasteiger partial charge in [-0.2, -0.15) is 0 Å². The Kier molecular flexibility index (Phi) is 4.58. The number of nitrogens with zero attached hydrogens (tertiary/aromatic N) is 1. The molecule has 0 bridgehead atoms. The number of carbonyl (C=O) groups excluding carboxylic acids is 1. The van der Waals surface area contributed by atoms with Crippen LogP contribution >= 0.6 is 0 Å². The lowest BCUT2D eigenvalue weighted by Gasteiger charge is -2.22. The van der Waals surface area contributed by atoms with Gasteiger partial charge in [0, 0.05) is 36.2 Å². The van der Waals surface area contributed by atoms with Gasteiger partial charge in [0.1, 0.15) is 0 Å². The Morgan fingerprint density at radius 2 is 1.96 bits per heavy atom. The lowest BCUT2D eigenvalue weighted by atomic mass is 9.94. The molecule has 1 saturated heterocycles. The molecule has 1 aliphatic heterocycles. The fourth-order valence-corrected chi connectivity index (χ4v) is 4.96. The second-order valence-corrected chi connectivity index (χ2v) is 8.88. The molecule has 2 aliphatic carbocycles. The SMILES string of the molecule is CN(C)CC1(c2ccc(C(=O)NC3CC4(CCCO4)CC3N)cc2)CC1. The van der Waals surface area contributed by atoms with E-state index < -0.39 is 0 Å². The third kappa shape index (κ3) is 3.40. The number of nitrogens with two attached hydrogens (primary N) is 1. The maximum Gasteiger partial charge on any atom is 0.251 e. The van der Waals surface area contributed by atoms with Crippen LogP contribution in [0, 0.1) is 0 Å². The molecule has 0 radical (unpaired) electrons. The van der Waals surface area contributed by atoms with E-state index in [4.69, 9.17) is 10.5 Å². The molecule has 0 aromatic heterocycles. The summed E-state index contributed by atoms with van der Waals surface area (Å²) in [5.74, 6) is -0.0236. The van der Waals surface area contributed by atoms with E-state index in [9.17, 15) is 4.79 Å². The van der Waals surface area contributed by atoms with Crippen molar-refractivity contribution in [3.8, 4) is 0 Å². The number of hydrogen-bond acceptors (Lipinski definition) is 4. The maximum absolute atomic E-state index is 12.7. The van der Waals surface area contributed by atoms with Gasteiger partial charge in [-0.3, -0.25) is 4.79 Å². The van der Waals surface area contributed by atoms with Crippen LogP contribution in [0.25, 0.3) is 0 Å². The smallest absolute Gasteiger partial charge is 0.251 e. The van der Waals surface area contributed by atoms with Crippen molar-refractivity contribution in [3.05, 3.63) is 35.4 Å². The molecule has 3 atom stereocenters. The zero-order valence-electron chi connectivity index (χ0n) is 16.0. The van der Waals surface area contributed by atoms with Gasteiger partial charge in [-0.1, -0.05) is 12.1 Å². The van der Waals surface area contributed by atoms with Gasteiger partial charge in [0.2, 0.25) is 0 Å². The summed E-state index contributed by atoms with van der Waals surface area (Å²) in [6, 6.07) is 8.16.